The summed E-state index contributed by atoms with van der Waals surface area (Å²) in [5.74, 6) is 0. The monoisotopic (exact) mass is 269 g/mol. The maximum atomic E-state index is 11.8. The lowest BCUT2D eigenvalue weighted by molar-refractivity contribution is 0.584. The van der Waals surface area contributed by atoms with Crippen LogP contribution in [0.2, 0.25) is 0 Å². The molecule has 0 amide bonds. The summed E-state index contributed by atoms with van der Waals surface area (Å²) in [5.41, 5.74) is -0.959. The summed E-state index contributed by atoms with van der Waals surface area (Å²) in [4.78, 5) is 26.9. The zero-order chi connectivity index (χ0) is 13.3. The molecule has 2 rings (SSSR count). The third kappa shape index (κ3) is 2.20. The second kappa shape index (κ2) is 4.39. The highest BCUT2D eigenvalue weighted by Crippen LogP contribution is 2.13. The van der Waals surface area contributed by atoms with Crippen molar-refractivity contribution in [2.75, 3.05) is 6.54 Å². The summed E-state index contributed by atoms with van der Waals surface area (Å²) < 4.78 is 25.8. The summed E-state index contributed by atoms with van der Waals surface area (Å²) >= 11 is 0. The second-order valence-electron chi connectivity index (χ2n) is 3.62. The van der Waals surface area contributed by atoms with Crippen molar-refractivity contribution in [3.8, 4) is 0 Å². The Morgan fingerprint density at radius 2 is 1.72 bits per heavy atom. The first-order chi connectivity index (χ1) is 8.44. The summed E-state index contributed by atoms with van der Waals surface area (Å²) in [6.07, 6.45) is 0. The molecule has 0 spiro atoms. The van der Waals surface area contributed by atoms with E-state index in [-0.39, 0.29) is 17.0 Å². The zero-order valence-corrected chi connectivity index (χ0v) is 10.3. The van der Waals surface area contributed by atoms with Gasteiger partial charge >= 0.3 is 11.1 Å². The minimum absolute atomic E-state index is 0.0274. The van der Waals surface area contributed by atoms with E-state index in [0.717, 1.165) is 0 Å². The van der Waals surface area contributed by atoms with Crippen LogP contribution in [0.4, 0.5) is 0 Å². The minimum atomic E-state index is -3.59. The van der Waals surface area contributed by atoms with E-state index in [1.807, 2.05) is 0 Å². The van der Waals surface area contributed by atoms with Crippen molar-refractivity contribution in [2.45, 2.75) is 11.8 Å². The smallest absolute Gasteiger partial charge is 0.314 e. The van der Waals surface area contributed by atoms with Crippen molar-refractivity contribution in [3.05, 3.63) is 38.9 Å². The normalized spacial score (nSPS) is 11.8. The van der Waals surface area contributed by atoms with Crippen LogP contribution >= 0.6 is 0 Å². The molecule has 0 bridgehead atoms. The molecule has 3 N–H and O–H groups in total. The van der Waals surface area contributed by atoms with Gasteiger partial charge in [-0.2, -0.15) is 0 Å². The van der Waals surface area contributed by atoms with Crippen LogP contribution in [-0.2, 0) is 10.0 Å². The molecule has 0 saturated heterocycles. The highest BCUT2D eigenvalue weighted by molar-refractivity contribution is 7.89. The van der Waals surface area contributed by atoms with E-state index in [2.05, 4.69) is 14.7 Å². The van der Waals surface area contributed by atoms with Gasteiger partial charge in [-0.25, -0.2) is 13.1 Å². The predicted molar refractivity (Wildman–Crippen MR) is 66.1 cm³/mol. The van der Waals surface area contributed by atoms with Crippen LogP contribution in [0.15, 0.2) is 32.7 Å². The molecule has 0 aliphatic rings. The number of H-pyrrole nitrogens is 2. The van der Waals surface area contributed by atoms with Gasteiger partial charge in [0.2, 0.25) is 10.0 Å². The van der Waals surface area contributed by atoms with Crippen molar-refractivity contribution in [1.29, 1.82) is 0 Å². The van der Waals surface area contributed by atoms with Gasteiger partial charge in [-0.1, -0.05) is 6.92 Å². The average Bonchev–Trinajstić information content (AvgIpc) is 2.30. The van der Waals surface area contributed by atoms with Crippen LogP contribution < -0.4 is 15.8 Å². The molecule has 7 nitrogen and oxygen atoms in total. The van der Waals surface area contributed by atoms with E-state index < -0.39 is 21.1 Å². The van der Waals surface area contributed by atoms with Crippen LogP contribution in [0.5, 0.6) is 0 Å². The fraction of sp³-hybridized carbons (Fsp3) is 0.200. The number of nitrogens with one attached hydrogen (secondary N) is 3. The highest BCUT2D eigenvalue weighted by Gasteiger charge is 2.13. The number of hydrogen-bond donors (Lipinski definition) is 3. The Morgan fingerprint density at radius 1 is 1.11 bits per heavy atom. The average molecular weight is 269 g/mol. The lowest BCUT2D eigenvalue weighted by atomic mass is 10.3. The van der Waals surface area contributed by atoms with E-state index in [9.17, 15) is 18.0 Å². The second-order valence-corrected chi connectivity index (χ2v) is 5.38. The molecule has 0 unspecified atom stereocenters. The van der Waals surface area contributed by atoms with Gasteiger partial charge in [-0.15, -0.1) is 0 Å². The molecular weight excluding hydrogens is 258 g/mol. The number of aromatic amines is 2. The minimum Gasteiger partial charge on any atom is -0.316 e. The molecule has 1 heterocycles. The Balaban J connectivity index is 2.68. The topological polar surface area (TPSA) is 112 Å². The van der Waals surface area contributed by atoms with Crippen molar-refractivity contribution >= 4 is 21.1 Å². The van der Waals surface area contributed by atoms with Gasteiger partial charge in [0, 0.05) is 6.54 Å². The third-order valence-corrected chi connectivity index (χ3v) is 3.88. The molecule has 0 aliphatic heterocycles. The number of hydrogen-bond acceptors (Lipinski definition) is 4. The fourth-order valence-corrected chi connectivity index (χ4v) is 2.60. The van der Waals surface area contributed by atoms with E-state index in [4.69, 9.17) is 0 Å². The van der Waals surface area contributed by atoms with Gasteiger partial charge in [-0.05, 0) is 18.2 Å². The molecule has 0 saturated carbocycles. The molecule has 18 heavy (non-hydrogen) atoms. The Labute approximate surface area is 102 Å². The largest absolute Gasteiger partial charge is 0.316 e. The van der Waals surface area contributed by atoms with Crippen LogP contribution in [0.1, 0.15) is 6.92 Å². The van der Waals surface area contributed by atoms with Gasteiger partial charge in [0.1, 0.15) is 0 Å². The molecule has 2 aromatic rings. The highest BCUT2D eigenvalue weighted by atomic mass is 32.2. The maximum Gasteiger partial charge on any atom is 0.314 e. The fourth-order valence-electron chi connectivity index (χ4n) is 1.53. The third-order valence-electron chi connectivity index (χ3n) is 2.34. The molecule has 1 aromatic carbocycles. The number of fused-ring (bicyclic) bond motifs is 1. The first kappa shape index (κ1) is 12.5. The van der Waals surface area contributed by atoms with Gasteiger partial charge in [0.25, 0.3) is 0 Å². The Morgan fingerprint density at radius 3 is 2.33 bits per heavy atom. The van der Waals surface area contributed by atoms with Crippen molar-refractivity contribution in [2.24, 2.45) is 0 Å². The summed E-state index contributed by atoms with van der Waals surface area (Å²) in [6.45, 7) is 1.93. The van der Waals surface area contributed by atoms with Gasteiger partial charge in [-0.3, -0.25) is 9.59 Å². The predicted octanol–water partition coefficient (Wildman–Crippen LogP) is -0.485. The van der Waals surface area contributed by atoms with Gasteiger partial charge in [0.05, 0.1) is 15.9 Å². The lowest BCUT2D eigenvalue weighted by Crippen LogP contribution is -2.29. The quantitative estimate of drug-likeness (QED) is 0.653. The summed E-state index contributed by atoms with van der Waals surface area (Å²) in [6, 6.07) is 4.08. The first-order valence-corrected chi connectivity index (χ1v) is 6.68. The van der Waals surface area contributed by atoms with Crippen molar-refractivity contribution < 1.29 is 8.42 Å². The van der Waals surface area contributed by atoms with E-state index in [1.165, 1.54) is 18.2 Å². The van der Waals surface area contributed by atoms with Gasteiger partial charge < -0.3 is 9.97 Å². The summed E-state index contributed by atoms with van der Waals surface area (Å²) in [7, 11) is -3.59. The Bertz CT molecular complexity index is 804. The van der Waals surface area contributed by atoms with Crippen LogP contribution in [0, 0.1) is 0 Å². The number of sulfonamides is 1. The van der Waals surface area contributed by atoms with Crippen molar-refractivity contribution in [3.63, 3.8) is 0 Å². The first-order valence-electron chi connectivity index (χ1n) is 5.20. The maximum absolute atomic E-state index is 11.8. The summed E-state index contributed by atoms with van der Waals surface area (Å²) in [5, 5.41) is 0. The molecule has 96 valence electrons. The Kier molecular flexibility index (Phi) is 3.05. The molecule has 0 radical (unpaired) electrons. The van der Waals surface area contributed by atoms with Crippen LogP contribution in [0.25, 0.3) is 11.0 Å². The molecule has 8 heteroatoms. The van der Waals surface area contributed by atoms with Crippen LogP contribution in [-0.4, -0.2) is 24.9 Å². The number of rotatable bonds is 3. The van der Waals surface area contributed by atoms with E-state index >= 15 is 0 Å². The molecule has 0 aliphatic carbocycles. The molecule has 1 aromatic heterocycles. The standard InChI is InChI=1S/C10H11N3O4S/c1-2-11-18(16,17)6-3-4-7-8(5-6)13-10(15)9(14)12-7/h3-5,11H,2H2,1H3,(H,12,14)(H,13,15). The zero-order valence-electron chi connectivity index (χ0n) is 9.48. The Hall–Kier alpha value is -1.93. The molecular formula is C10H11N3O4S. The molecule has 0 atom stereocenters. The van der Waals surface area contributed by atoms with E-state index in [0.29, 0.717) is 5.52 Å². The number of benzene rings is 1. The SMILES string of the molecule is CCNS(=O)(=O)c1ccc2[nH]c(=O)c(=O)[nH]c2c1. The van der Waals surface area contributed by atoms with Crippen LogP contribution in [0.3, 0.4) is 0 Å². The number of aromatic nitrogens is 2. The van der Waals surface area contributed by atoms with E-state index in [1.54, 1.807) is 6.92 Å². The molecule has 0 fully saturated rings. The van der Waals surface area contributed by atoms with Gasteiger partial charge in [0.15, 0.2) is 0 Å². The lowest BCUT2D eigenvalue weighted by Gasteiger charge is -2.05. The van der Waals surface area contributed by atoms with Crippen molar-refractivity contribution in [1.82, 2.24) is 14.7 Å².